The number of carbonyl (C=O) groups excluding carboxylic acids is 3. The number of thioether (sulfide) groups is 1. The van der Waals surface area contributed by atoms with Crippen LogP contribution in [0.5, 0.6) is 5.75 Å². The number of aromatic nitrogens is 1. The van der Waals surface area contributed by atoms with Crippen molar-refractivity contribution in [2.45, 2.75) is 23.5 Å². The van der Waals surface area contributed by atoms with E-state index in [9.17, 15) is 14.4 Å². The van der Waals surface area contributed by atoms with Crippen molar-refractivity contribution in [2.75, 3.05) is 17.7 Å². The van der Waals surface area contributed by atoms with Gasteiger partial charge in [0, 0.05) is 32.1 Å². The van der Waals surface area contributed by atoms with E-state index in [4.69, 9.17) is 16.3 Å². The highest BCUT2D eigenvalue weighted by atomic mass is 35.5. The predicted octanol–water partition coefficient (Wildman–Crippen LogP) is 8.39. The van der Waals surface area contributed by atoms with Gasteiger partial charge in [-0.05, 0) is 66.6 Å². The van der Waals surface area contributed by atoms with Gasteiger partial charge in [0.05, 0.1) is 18.1 Å². The molecule has 0 spiro atoms. The Hall–Kier alpha value is -4.90. The molecule has 1 heterocycles. The summed E-state index contributed by atoms with van der Waals surface area (Å²) in [7, 11) is 1.61. The molecule has 8 nitrogen and oxygen atoms in total. The third-order valence-corrected chi connectivity index (χ3v) is 9.34. The molecule has 0 aliphatic carbocycles. The number of hydrogen-bond donors (Lipinski definition) is 3. The number of ether oxygens (including phenoxy) is 1. The maximum atomic E-state index is 13.5. The Morgan fingerprint density at radius 3 is 2.45 bits per heavy atom. The lowest BCUT2D eigenvalue weighted by Gasteiger charge is -2.15. The number of methoxy groups -OCH3 is 1. The first-order valence-electron chi connectivity index (χ1n) is 14.6. The van der Waals surface area contributed by atoms with Gasteiger partial charge in [-0.1, -0.05) is 73.1 Å². The highest BCUT2D eigenvalue weighted by Gasteiger charge is 2.21. The lowest BCUT2D eigenvalue weighted by atomic mass is 10.1. The third-order valence-electron chi connectivity index (χ3n) is 6.88. The smallest absolute Gasteiger partial charge is 0.272 e. The standard InChI is InChI=1S/C36H31ClN4O4S2/c1-3-32(35(44)41-36-40-30(22-46-36)27-17-8-10-19-31(27)45-2)47-26-16-11-15-25(21-26)38-34(43)29(20-24-14-7-9-18-28(24)37)39-33(42)23-12-5-4-6-13-23/h4-22,32H,3H2,1-2H3,(H,38,43)(H,39,42)(H,40,41,44)/b29-20+. The van der Waals surface area contributed by atoms with Crippen molar-refractivity contribution in [2.24, 2.45) is 0 Å². The van der Waals surface area contributed by atoms with Crippen LogP contribution in [-0.4, -0.2) is 35.1 Å². The van der Waals surface area contributed by atoms with Crippen LogP contribution in [0.4, 0.5) is 10.8 Å². The van der Waals surface area contributed by atoms with Gasteiger partial charge in [-0.3, -0.25) is 14.4 Å². The molecule has 238 valence electrons. The largest absolute Gasteiger partial charge is 0.496 e. The quantitative estimate of drug-likeness (QED) is 0.0901. The first-order valence-corrected chi connectivity index (χ1v) is 16.8. The zero-order chi connectivity index (χ0) is 33.2. The summed E-state index contributed by atoms with van der Waals surface area (Å²) in [5.74, 6) is -0.442. The average Bonchev–Trinajstić information content (AvgIpc) is 3.56. The van der Waals surface area contributed by atoms with Crippen LogP contribution >= 0.6 is 34.7 Å². The SMILES string of the molecule is CCC(Sc1cccc(NC(=O)/C(=C\c2ccccc2Cl)NC(=O)c2ccccc2)c1)C(=O)Nc1nc(-c2ccccc2OC)cs1. The van der Waals surface area contributed by atoms with Gasteiger partial charge in [-0.25, -0.2) is 4.98 Å². The van der Waals surface area contributed by atoms with Gasteiger partial charge in [-0.15, -0.1) is 23.1 Å². The minimum atomic E-state index is -0.532. The molecule has 0 radical (unpaired) electrons. The summed E-state index contributed by atoms with van der Waals surface area (Å²) in [4.78, 5) is 45.1. The van der Waals surface area contributed by atoms with Gasteiger partial charge >= 0.3 is 0 Å². The Kier molecular flexibility index (Phi) is 11.5. The van der Waals surface area contributed by atoms with Crippen LogP contribution in [0.1, 0.15) is 29.3 Å². The van der Waals surface area contributed by atoms with E-state index < -0.39 is 17.1 Å². The summed E-state index contributed by atoms with van der Waals surface area (Å²) in [6.45, 7) is 1.94. The molecular formula is C36H31ClN4O4S2. The van der Waals surface area contributed by atoms with E-state index in [1.165, 1.54) is 29.2 Å². The second kappa shape index (κ2) is 16.1. The molecule has 0 fully saturated rings. The summed E-state index contributed by atoms with van der Waals surface area (Å²) < 4.78 is 5.45. The highest BCUT2D eigenvalue weighted by Crippen LogP contribution is 2.33. The molecule has 4 aromatic carbocycles. The van der Waals surface area contributed by atoms with E-state index in [1.54, 1.807) is 79.9 Å². The normalized spacial score (nSPS) is 11.8. The number of benzene rings is 4. The van der Waals surface area contributed by atoms with Crippen molar-refractivity contribution >= 4 is 69.3 Å². The van der Waals surface area contributed by atoms with E-state index in [1.807, 2.05) is 42.6 Å². The van der Waals surface area contributed by atoms with Crippen LogP contribution in [0.2, 0.25) is 5.02 Å². The molecule has 11 heteroatoms. The van der Waals surface area contributed by atoms with Crippen molar-refractivity contribution in [3.05, 3.63) is 130 Å². The molecule has 5 aromatic rings. The molecule has 0 saturated heterocycles. The van der Waals surface area contributed by atoms with Crippen LogP contribution in [0.15, 0.2) is 119 Å². The second-order valence-corrected chi connectivity index (χ2v) is 12.7. The topological polar surface area (TPSA) is 109 Å². The van der Waals surface area contributed by atoms with Gasteiger partial charge in [0.2, 0.25) is 5.91 Å². The number of halogens is 1. The maximum Gasteiger partial charge on any atom is 0.272 e. The lowest BCUT2D eigenvalue weighted by molar-refractivity contribution is -0.116. The molecular weight excluding hydrogens is 652 g/mol. The van der Waals surface area contributed by atoms with Crippen LogP contribution in [0.25, 0.3) is 17.3 Å². The average molecular weight is 683 g/mol. The predicted molar refractivity (Wildman–Crippen MR) is 191 cm³/mol. The molecule has 0 aliphatic rings. The summed E-state index contributed by atoms with van der Waals surface area (Å²) in [5, 5.41) is 10.9. The fourth-order valence-electron chi connectivity index (χ4n) is 4.52. The first-order chi connectivity index (χ1) is 22.8. The van der Waals surface area contributed by atoms with Crippen molar-refractivity contribution in [1.29, 1.82) is 0 Å². The molecule has 0 aliphatic heterocycles. The Labute approximate surface area is 286 Å². The first kappa shape index (κ1) is 33.5. The fraction of sp³-hybridized carbons (Fsp3) is 0.111. The van der Waals surface area contributed by atoms with E-state index >= 15 is 0 Å². The van der Waals surface area contributed by atoms with Gasteiger partial charge in [0.15, 0.2) is 5.13 Å². The highest BCUT2D eigenvalue weighted by molar-refractivity contribution is 8.00. The van der Waals surface area contributed by atoms with E-state index in [-0.39, 0.29) is 11.6 Å². The monoisotopic (exact) mass is 682 g/mol. The summed E-state index contributed by atoms with van der Waals surface area (Å²) in [6, 6.07) is 30.4. The molecule has 1 aromatic heterocycles. The number of hydrogen-bond acceptors (Lipinski definition) is 7. The van der Waals surface area contributed by atoms with Gasteiger partial charge in [-0.2, -0.15) is 0 Å². The van der Waals surface area contributed by atoms with Crippen LogP contribution < -0.4 is 20.7 Å². The Bertz CT molecular complexity index is 1910. The van der Waals surface area contributed by atoms with Crippen molar-refractivity contribution in [1.82, 2.24) is 10.3 Å². The Balaban J connectivity index is 1.28. The van der Waals surface area contributed by atoms with Crippen LogP contribution in [0.3, 0.4) is 0 Å². The number of nitrogens with one attached hydrogen (secondary N) is 3. The van der Waals surface area contributed by atoms with E-state index in [2.05, 4.69) is 20.9 Å². The number of anilines is 2. The third kappa shape index (κ3) is 8.88. The maximum absolute atomic E-state index is 13.5. The minimum absolute atomic E-state index is 0.0201. The molecule has 1 unspecified atom stereocenters. The van der Waals surface area contributed by atoms with Gasteiger partial charge < -0.3 is 20.7 Å². The Morgan fingerprint density at radius 1 is 0.936 bits per heavy atom. The van der Waals surface area contributed by atoms with Gasteiger partial charge in [0.25, 0.3) is 11.8 Å². The number of amides is 3. The lowest BCUT2D eigenvalue weighted by Crippen LogP contribution is -2.30. The van der Waals surface area contributed by atoms with Gasteiger partial charge in [0.1, 0.15) is 11.4 Å². The molecule has 5 rings (SSSR count). The van der Waals surface area contributed by atoms with Crippen molar-refractivity contribution in [3.63, 3.8) is 0 Å². The Morgan fingerprint density at radius 2 is 1.68 bits per heavy atom. The zero-order valence-electron chi connectivity index (χ0n) is 25.5. The second-order valence-electron chi connectivity index (χ2n) is 10.1. The van der Waals surface area contributed by atoms with E-state index in [0.717, 1.165) is 16.2 Å². The van der Waals surface area contributed by atoms with Crippen molar-refractivity contribution < 1.29 is 19.1 Å². The summed E-state index contributed by atoms with van der Waals surface area (Å²) >= 11 is 9.08. The number of carbonyl (C=O) groups is 3. The van der Waals surface area contributed by atoms with Crippen LogP contribution in [-0.2, 0) is 9.59 Å². The molecule has 47 heavy (non-hydrogen) atoms. The fourth-order valence-corrected chi connectivity index (χ4v) is 6.44. The molecule has 0 bridgehead atoms. The summed E-state index contributed by atoms with van der Waals surface area (Å²) in [5.41, 5.74) is 3.05. The molecule has 3 N–H and O–H groups in total. The minimum Gasteiger partial charge on any atom is -0.496 e. The number of rotatable bonds is 12. The molecule has 0 saturated carbocycles. The summed E-state index contributed by atoms with van der Waals surface area (Å²) in [6.07, 6.45) is 2.10. The number of nitrogens with zero attached hydrogens (tertiary/aromatic N) is 1. The van der Waals surface area contributed by atoms with E-state index in [0.29, 0.717) is 39.1 Å². The molecule has 1 atom stereocenters. The van der Waals surface area contributed by atoms with Crippen LogP contribution in [0, 0.1) is 0 Å². The molecule has 3 amide bonds. The number of para-hydroxylation sites is 1. The number of thiazole rings is 1. The van der Waals surface area contributed by atoms with Crippen molar-refractivity contribution in [3.8, 4) is 17.0 Å². The zero-order valence-corrected chi connectivity index (χ0v) is 27.9.